The van der Waals surface area contributed by atoms with Crippen molar-refractivity contribution in [1.82, 2.24) is 8.37 Å². The van der Waals surface area contributed by atoms with Crippen LogP contribution in [-0.2, 0) is 9.09 Å². The van der Waals surface area contributed by atoms with Crippen LogP contribution in [0.5, 0.6) is 0 Å². The highest BCUT2D eigenvalue weighted by Gasteiger charge is 2.39. The van der Waals surface area contributed by atoms with Gasteiger partial charge in [0.2, 0.25) is 0 Å². The Morgan fingerprint density at radius 2 is 2.00 bits per heavy atom. The van der Waals surface area contributed by atoms with Crippen LogP contribution in [0.1, 0.15) is 6.42 Å². The SMILES string of the molecule is O=[P@]1(N(CCCl)CCCl)OCCCN1Br. The minimum absolute atomic E-state index is 0.408. The summed E-state index contributed by atoms with van der Waals surface area (Å²) < 4.78 is 21.2. The van der Waals surface area contributed by atoms with Crippen LogP contribution in [0.4, 0.5) is 0 Å². The fraction of sp³-hybridized carbons (Fsp3) is 1.00. The Morgan fingerprint density at radius 1 is 1.40 bits per heavy atom. The minimum atomic E-state index is -2.93. The highest BCUT2D eigenvalue weighted by Crippen LogP contribution is 2.57. The maximum atomic E-state index is 12.5. The summed E-state index contributed by atoms with van der Waals surface area (Å²) in [6, 6.07) is 0. The molecule has 0 spiro atoms. The van der Waals surface area contributed by atoms with Crippen molar-refractivity contribution >= 4 is 47.0 Å². The third-order valence-electron chi connectivity index (χ3n) is 2.06. The van der Waals surface area contributed by atoms with E-state index in [2.05, 4.69) is 16.1 Å². The van der Waals surface area contributed by atoms with E-state index in [1.54, 1.807) is 8.37 Å². The average Bonchev–Trinajstić information content (AvgIpc) is 2.22. The Morgan fingerprint density at radius 3 is 2.47 bits per heavy atom. The van der Waals surface area contributed by atoms with E-state index in [0.29, 0.717) is 38.0 Å². The normalized spacial score (nSPS) is 28.5. The maximum Gasteiger partial charge on any atom is 0.355 e. The van der Waals surface area contributed by atoms with Crippen LogP contribution in [0.3, 0.4) is 0 Å². The molecule has 1 aliphatic heterocycles. The van der Waals surface area contributed by atoms with E-state index < -0.39 is 7.67 Å². The average molecular weight is 340 g/mol. The van der Waals surface area contributed by atoms with Gasteiger partial charge in [0.05, 0.1) is 6.61 Å². The van der Waals surface area contributed by atoms with Crippen LogP contribution in [0.2, 0.25) is 0 Å². The Hall–Kier alpha value is 1.17. The molecule has 0 aromatic heterocycles. The zero-order valence-electron chi connectivity index (χ0n) is 8.24. The molecule has 0 aromatic rings. The molecule has 1 rings (SSSR count). The first-order chi connectivity index (χ1) is 7.15. The highest BCUT2D eigenvalue weighted by atomic mass is 79.9. The van der Waals surface area contributed by atoms with Gasteiger partial charge >= 0.3 is 7.67 Å². The van der Waals surface area contributed by atoms with Gasteiger partial charge in [0.25, 0.3) is 0 Å². The van der Waals surface area contributed by atoms with Gasteiger partial charge in [-0.1, -0.05) is 0 Å². The van der Waals surface area contributed by atoms with Gasteiger partial charge in [-0.05, 0) is 6.42 Å². The molecule has 1 fully saturated rings. The van der Waals surface area contributed by atoms with Crippen LogP contribution >= 0.6 is 47.0 Å². The lowest BCUT2D eigenvalue weighted by molar-refractivity contribution is 0.208. The first-order valence-corrected chi connectivity index (χ1v) is 8.01. The molecule has 15 heavy (non-hydrogen) atoms. The predicted molar refractivity (Wildman–Crippen MR) is 66.8 cm³/mol. The van der Waals surface area contributed by atoms with Crippen LogP contribution in [-0.4, -0.2) is 46.4 Å². The first-order valence-electron chi connectivity index (χ1n) is 4.71. The van der Waals surface area contributed by atoms with Gasteiger partial charge in [0.1, 0.15) is 0 Å². The Kier molecular flexibility index (Phi) is 6.45. The molecule has 8 heteroatoms. The maximum absolute atomic E-state index is 12.5. The quantitative estimate of drug-likeness (QED) is 0.438. The molecule has 0 bridgehead atoms. The van der Waals surface area contributed by atoms with Gasteiger partial charge in [0.15, 0.2) is 0 Å². The first kappa shape index (κ1) is 14.2. The van der Waals surface area contributed by atoms with Crippen LogP contribution in [0.15, 0.2) is 0 Å². The molecule has 0 radical (unpaired) electrons. The predicted octanol–water partition coefficient (Wildman–Crippen LogP) is 2.91. The topological polar surface area (TPSA) is 32.8 Å². The fourth-order valence-electron chi connectivity index (χ4n) is 1.35. The summed E-state index contributed by atoms with van der Waals surface area (Å²) >= 11 is 14.6. The molecule has 1 aliphatic rings. The Balaban J connectivity index is 2.73. The smallest absolute Gasteiger partial charge is 0.305 e. The summed E-state index contributed by atoms with van der Waals surface area (Å²) in [5.74, 6) is 0.816. The van der Waals surface area contributed by atoms with Crippen molar-refractivity contribution in [3.05, 3.63) is 0 Å². The summed E-state index contributed by atoms with van der Waals surface area (Å²) in [4.78, 5) is 0. The number of hydrogen-bond acceptors (Lipinski definition) is 2. The molecule has 0 unspecified atom stereocenters. The number of alkyl halides is 2. The largest absolute Gasteiger partial charge is 0.355 e. The van der Waals surface area contributed by atoms with Crippen LogP contribution in [0, 0.1) is 0 Å². The van der Waals surface area contributed by atoms with Crippen LogP contribution < -0.4 is 0 Å². The van der Waals surface area contributed by atoms with Crippen LogP contribution in [0.25, 0.3) is 0 Å². The number of rotatable bonds is 5. The molecule has 0 N–H and O–H groups in total. The zero-order valence-corrected chi connectivity index (χ0v) is 12.2. The molecular weight excluding hydrogens is 326 g/mol. The van der Waals surface area contributed by atoms with Gasteiger partial charge < -0.3 is 4.52 Å². The second-order valence-electron chi connectivity index (χ2n) is 3.07. The highest BCUT2D eigenvalue weighted by molar-refractivity contribution is 9.08. The van der Waals surface area contributed by atoms with Gasteiger partial charge in [0, 0.05) is 47.5 Å². The lowest BCUT2D eigenvalue weighted by atomic mass is 10.5. The molecule has 4 nitrogen and oxygen atoms in total. The second kappa shape index (κ2) is 6.80. The van der Waals surface area contributed by atoms with Crippen molar-refractivity contribution < 1.29 is 9.09 Å². The zero-order chi connectivity index (χ0) is 11.3. The van der Waals surface area contributed by atoms with Crippen molar-refractivity contribution in [1.29, 1.82) is 0 Å². The minimum Gasteiger partial charge on any atom is -0.305 e. The van der Waals surface area contributed by atoms with Crippen molar-refractivity contribution in [2.24, 2.45) is 0 Å². The molecule has 1 atom stereocenters. The Labute approximate surface area is 109 Å². The van der Waals surface area contributed by atoms with Gasteiger partial charge in [-0.15, -0.1) is 23.2 Å². The molecule has 1 saturated heterocycles. The second-order valence-corrected chi connectivity index (χ2v) is 7.52. The van der Waals surface area contributed by atoms with E-state index in [4.69, 9.17) is 27.7 Å². The molecule has 0 aromatic carbocycles. The van der Waals surface area contributed by atoms with Crippen molar-refractivity contribution in [2.75, 3.05) is 38.0 Å². The summed E-state index contributed by atoms with van der Waals surface area (Å²) in [6.45, 7) is 2.24. The van der Waals surface area contributed by atoms with E-state index >= 15 is 0 Å². The number of hydrogen-bond donors (Lipinski definition) is 0. The van der Waals surface area contributed by atoms with Crippen molar-refractivity contribution in [3.63, 3.8) is 0 Å². The third-order valence-corrected chi connectivity index (χ3v) is 6.34. The van der Waals surface area contributed by atoms with E-state index in [1.807, 2.05) is 0 Å². The lowest BCUT2D eigenvalue weighted by Gasteiger charge is -2.37. The number of nitrogens with zero attached hydrogens (tertiary/aromatic N) is 2. The monoisotopic (exact) mass is 338 g/mol. The van der Waals surface area contributed by atoms with Crippen molar-refractivity contribution in [2.45, 2.75) is 6.42 Å². The lowest BCUT2D eigenvalue weighted by Crippen LogP contribution is -2.34. The summed E-state index contributed by atoms with van der Waals surface area (Å²) in [5, 5.41) is 0. The van der Waals surface area contributed by atoms with Gasteiger partial charge in [-0.25, -0.2) is 4.67 Å². The molecule has 90 valence electrons. The standard InChI is InChI=1S/C7H14BrCl2N2O2P/c8-12-4-1-7-14-15(12,13)11(5-2-9)6-3-10/h1-7H2/t15-/m1/s1. The molecule has 0 amide bonds. The number of halogens is 3. The van der Waals surface area contributed by atoms with E-state index in [1.165, 1.54) is 0 Å². The van der Waals surface area contributed by atoms with Crippen molar-refractivity contribution in [3.8, 4) is 0 Å². The summed E-state index contributed by atoms with van der Waals surface area (Å²) in [6.07, 6.45) is 0.866. The van der Waals surface area contributed by atoms with E-state index in [-0.39, 0.29) is 0 Å². The third kappa shape index (κ3) is 3.56. The molecule has 1 heterocycles. The fourth-order valence-corrected chi connectivity index (χ4v) is 5.15. The molecule has 0 aliphatic carbocycles. The van der Waals surface area contributed by atoms with Gasteiger partial charge in [-0.3, -0.25) is 4.57 Å². The Bertz CT molecular complexity index is 241. The van der Waals surface area contributed by atoms with E-state index in [9.17, 15) is 4.57 Å². The molecule has 0 saturated carbocycles. The van der Waals surface area contributed by atoms with Gasteiger partial charge in [-0.2, -0.15) is 3.70 Å². The summed E-state index contributed by atoms with van der Waals surface area (Å²) in [7, 11) is -2.93. The summed E-state index contributed by atoms with van der Waals surface area (Å²) in [5.41, 5.74) is 0. The van der Waals surface area contributed by atoms with E-state index in [0.717, 1.165) is 6.42 Å². The molecular formula is C7H14BrCl2N2O2P.